The van der Waals surface area contributed by atoms with E-state index in [9.17, 15) is 29.7 Å². The Labute approximate surface area is 252 Å². The Morgan fingerprint density at radius 2 is 1.60 bits per heavy atom. The van der Waals surface area contributed by atoms with Gasteiger partial charge in [0, 0.05) is 40.4 Å². The number of halogens is 1. The topological polar surface area (TPSA) is 214 Å². The first-order chi connectivity index (χ1) is 19.1. The maximum Gasteiger partial charge on any atom is 0.219 e. The second-order valence-corrected chi connectivity index (χ2v) is 11.6. The minimum absolute atomic E-state index is 0. The normalized spacial score (nSPS) is 40.4. The number of likely N-dealkylation sites (N-methyl/N-ethyl adjacent to an activating group) is 2. The molecule has 2 heterocycles. The van der Waals surface area contributed by atoms with Crippen LogP contribution in [0.3, 0.4) is 0 Å². The van der Waals surface area contributed by atoms with E-state index in [0.29, 0.717) is 19.4 Å². The van der Waals surface area contributed by atoms with Gasteiger partial charge in [0.15, 0.2) is 12.6 Å². The zero-order chi connectivity index (χ0) is 30.6. The number of nitrogens with two attached hydrogens (primary N) is 1. The molecule has 0 aromatic carbocycles. The lowest BCUT2D eigenvalue weighted by atomic mass is 9.83. The second kappa shape index (κ2) is 15.4. The Morgan fingerprint density at radius 1 is 1.00 bits per heavy atom. The third-order valence-corrected chi connectivity index (χ3v) is 7.99. The van der Waals surface area contributed by atoms with Crippen molar-refractivity contribution in [3.63, 3.8) is 0 Å². The van der Waals surface area contributed by atoms with Gasteiger partial charge >= 0.3 is 0 Å². The van der Waals surface area contributed by atoms with Crippen LogP contribution in [0, 0.1) is 0 Å². The molecule has 1 saturated carbocycles. The predicted molar refractivity (Wildman–Crippen MR) is 144 cm³/mol. The average molecular weight is 625 g/mol. The van der Waals surface area contributed by atoms with Gasteiger partial charge in [-0.2, -0.15) is 0 Å². The molecule has 1 aliphatic carbocycles. The van der Waals surface area contributed by atoms with Gasteiger partial charge in [0.1, 0.15) is 30.0 Å². The Kier molecular flexibility index (Phi) is 13.4. The summed E-state index contributed by atoms with van der Waals surface area (Å²) in [7, 11) is 3.24. The molecule has 2 saturated heterocycles. The van der Waals surface area contributed by atoms with Gasteiger partial charge in [0.25, 0.3) is 0 Å². The van der Waals surface area contributed by atoms with Crippen LogP contribution in [0.4, 0.5) is 0 Å². The fraction of sp³-hybridized carbons (Fsp3) is 0.885. The van der Waals surface area contributed by atoms with Gasteiger partial charge in [-0.25, -0.2) is 0 Å². The predicted octanol–water partition coefficient (Wildman–Crippen LogP) is -6.10. The van der Waals surface area contributed by atoms with E-state index in [0.717, 1.165) is 0 Å². The number of aliphatic hydroxyl groups is 3. The molecule has 3 aliphatic rings. The number of aliphatic hydroxyl groups excluding tert-OH is 2. The van der Waals surface area contributed by atoms with Gasteiger partial charge in [-0.05, 0) is 33.2 Å². The lowest BCUT2D eigenvalue weighted by molar-refractivity contribution is -0.308. The van der Waals surface area contributed by atoms with Gasteiger partial charge in [0.05, 0.1) is 30.8 Å². The van der Waals surface area contributed by atoms with Gasteiger partial charge in [-0.1, -0.05) is 0 Å². The fourth-order valence-corrected chi connectivity index (χ4v) is 5.82. The van der Waals surface area contributed by atoms with Crippen molar-refractivity contribution in [2.45, 2.75) is 120 Å². The molecule has 3 fully saturated rings. The molecule has 244 valence electrons. The molecule has 0 unspecified atom stereocenters. The first-order valence-electron chi connectivity index (χ1n) is 14.0. The summed E-state index contributed by atoms with van der Waals surface area (Å²) in [5, 5.41) is 41.4. The van der Waals surface area contributed by atoms with Crippen LogP contribution in [0.25, 0.3) is 0 Å². The monoisotopic (exact) mass is 624 g/mol. The molecule has 3 amide bonds. The van der Waals surface area contributed by atoms with E-state index in [1.807, 2.05) is 0 Å². The Bertz CT molecular complexity index is 932. The molecule has 0 bridgehead atoms. The van der Waals surface area contributed by atoms with Crippen molar-refractivity contribution in [3.8, 4) is 0 Å². The number of carbonyl (C=O) groups excluding carboxylic acids is 3. The van der Waals surface area contributed by atoms with Crippen LogP contribution in [-0.2, 0) is 33.3 Å². The van der Waals surface area contributed by atoms with Gasteiger partial charge in [0.2, 0.25) is 17.7 Å². The van der Waals surface area contributed by atoms with E-state index in [1.54, 1.807) is 14.1 Å². The Balaban J connectivity index is 0.00000616. The quantitative estimate of drug-likeness (QED) is 0.128. The number of nitrogens with one attached hydrogen (secondary N) is 3. The molecule has 2 aliphatic heterocycles. The highest BCUT2D eigenvalue weighted by atomic mass is 35.5. The zero-order valence-corrected chi connectivity index (χ0v) is 25.7. The minimum Gasteiger partial charge on any atom is -1.00 e. The molecular formula is C26H47ClN5O10-. The van der Waals surface area contributed by atoms with Crippen LogP contribution >= 0.6 is 0 Å². The Morgan fingerprint density at radius 3 is 2.17 bits per heavy atom. The van der Waals surface area contributed by atoms with Gasteiger partial charge < -0.3 is 73.3 Å². The smallest absolute Gasteiger partial charge is 0.219 e. The van der Waals surface area contributed by atoms with Gasteiger partial charge in [-0.15, -0.1) is 0 Å². The maximum atomic E-state index is 12.1. The van der Waals surface area contributed by atoms with Crippen molar-refractivity contribution in [2.75, 3.05) is 27.2 Å². The fourth-order valence-electron chi connectivity index (χ4n) is 5.82. The second-order valence-electron chi connectivity index (χ2n) is 11.6. The van der Waals surface area contributed by atoms with Crippen LogP contribution in [0.1, 0.15) is 47.0 Å². The van der Waals surface area contributed by atoms with Crippen molar-refractivity contribution in [1.82, 2.24) is 20.9 Å². The highest BCUT2D eigenvalue weighted by molar-refractivity contribution is 5.74. The molecular weight excluding hydrogens is 578 g/mol. The van der Waals surface area contributed by atoms with E-state index >= 15 is 0 Å². The number of ether oxygens (including phenoxy) is 4. The molecule has 0 aromatic rings. The molecule has 0 radical (unpaired) electrons. The first-order valence-corrected chi connectivity index (χ1v) is 14.0. The van der Waals surface area contributed by atoms with Crippen molar-refractivity contribution in [3.05, 3.63) is 0 Å². The largest absolute Gasteiger partial charge is 1.00 e. The van der Waals surface area contributed by atoms with Crippen LogP contribution in [0.2, 0.25) is 0 Å². The van der Waals surface area contributed by atoms with E-state index in [-0.39, 0.29) is 43.2 Å². The molecule has 42 heavy (non-hydrogen) atoms. The van der Waals surface area contributed by atoms with Crippen LogP contribution in [-0.4, -0.2) is 138 Å². The average Bonchev–Trinajstić information content (AvgIpc) is 2.86. The lowest BCUT2D eigenvalue weighted by Gasteiger charge is -2.49. The highest BCUT2D eigenvalue weighted by Crippen LogP contribution is 2.32. The van der Waals surface area contributed by atoms with Crippen molar-refractivity contribution in [1.29, 1.82) is 0 Å². The molecule has 8 N–H and O–H groups in total. The number of rotatable bonds is 9. The summed E-state index contributed by atoms with van der Waals surface area (Å²) in [6.07, 6.45) is -6.34. The zero-order valence-electron chi connectivity index (χ0n) is 25.0. The Hall–Kier alpha value is -1.66. The third kappa shape index (κ3) is 8.94. The SMILES string of the molecule is CN[C@@H]1[C@@H](O)[C@@H](O[C@@H]2[C@@H](O)[C@H](O[C@H]3O[C@H](CN(C)C(C)=O)CC[C@H]3NC(C)=O)[C@@H](NC(C)=O)C[C@H]2N)OC[C@]1(C)O.[Cl-]. The molecule has 15 nitrogen and oxygen atoms in total. The van der Waals surface area contributed by atoms with Crippen molar-refractivity contribution >= 4 is 17.7 Å². The number of carbonyl (C=O) groups is 3. The molecule has 3 rings (SSSR count). The number of hydrogen-bond donors (Lipinski definition) is 7. The third-order valence-electron chi connectivity index (χ3n) is 7.99. The maximum absolute atomic E-state index is 12.1. The van der Waals surface area contributed by atoms with Crippen LogP contribution in [0.15, 0.2) is 0 Å². The number of nitrogens with zero attached hydrogens (tertiary/aromatic N) is 1. The summed E-state index contributed by atoms with van der Waals surface area (Å²) >= 11 is 0. The first kappa shape index (κ1) is 36.5. The summed E-state index contributed by atoms with van der Waals surface area (Å²) in [4.78, 5) is 37.3. The lowest BCUT2D eigenvalue weighted by Crippen LogP contribution is -3.00. The summed E-state index contributed by atoms with van der Waals surface area (Å²) in [6, 6.07) is -2.87. The van der Waals surface area contributed by atoms with Crippen LogP contribution in [0.5, 0.6) is 0 Å². The molecule has 0 aromatic heterocycles. The summed E-state index contributed by atoms with van der Waals surface area (Å²) in [5.41, 5.74) is 5.03. The van der Waals surface area contributed by atoms with E-state index in [2.05, 4.69) is 16.0 Å². The molecule has 12 atom stereocenters. The summed E-state index contributed by atoms with van der Waals surface area (Å²) < 4.78 is 24.1. The van der Waals surface area contributed by atoms with E-state index < -0.39 is 72.9 Å². The number of amides is 3. The molecule has 0 spiro atoms. The van der Waals surface area contributed by atoms with Crippen molar-refractivity contribution < 1.29 is 61.1 Å². The summed E-state index contributed by atoms with van der Waals surface area (Å²) in [6.45, 7) is 5.83. The number of hydrogen-bond acceptors (Lipinski definition) is 12. The standard InChI is InChI=1S/C26H47N5O10.ClH/c1-12(32)29-17-8-7-15(10-31(6)14(3)34)39-24(17)41-22-18(30-13(2)33)9-16(27)21(19(22)35)40-25-20(36)23(28-5)26(4,37)11-38-25;/h15-25,28,35-37H,7-11,27H2,1-6H3,(H,29,32)(H,30,33);1H/p-1/t15-,16+,17+,18-,19+,20+,21-,22+,23+,24+,25+,26-;/m0./s1. The van der Waals surface area contributed by atoms with Gasteiger partial charge in [-0.3, -0.25) is 14.4 Å². The molecule has 16 heteroatoms. The van der Waals surface area contributed by atoms with Crippen molar-refractivity contribution in [2.24, 2.45) is 5.73 Å². The van der Waals surface area contributed by atoms with Crippen LogP contribution < -0.4 is 34.1 Å². The summed E-state index contributed by atoms with van der Waals surface area (Å²) in [5.74, 6) is -0.793. The van der Waals surface area contributed by atoms with E-state index in [1.165, 1.54) is 32.6 Å². The minimum atomic E-state index is -1.41. The van der Waals surface area contributed by atoms with E-state index in [4.69, 9.17) is 24.7 Å². The highest BCUT2D eigenvalue weighted by Gasteiger charge is 2.51.